The van der Waals surface area contributed by atoms with Gasteiger partial charge in [0.05, 0.1) is 11.8 Å². The van der Waals surface area contributed by atoms with Gasteiger partial charge in [-0.1, -0.05) is 5.10 Å². The van der Waals surface area contributed by atoms with Crippen LogP contribution in [0.2, 0.25) is 0 Å². The minimum Gasteiger partial charge on any atom is -0.446 e. The number of halogens is 3. The Labute approximate surface area is 116 Å². The van der Waals surface area contributed by atoms with Crippen LogP contribution in [0.3, 0.4) is 0 Å². The van der Waals surface area contributed by atoms with Crippen molar-refractivity contribution in [2.75, 3.05) is 0 Å². The van der Waals surface area contributed by atoms with Crippen molar-refractivity contribution in [2.24, 2.45) is 0 Å². The van der Waals surface area contributed by atoms with Gasteiger partial charge in [0.2, 0.25) is 0 Å². The molecule has 0 spiro atoms. The summed E-state index contributed by atoms with van der Waals surface area (Å²) in [5, 5.41) is 3.78. The topological polar surface area (TPSA) is 66.5 Å². The van der Waals surface area contributed by atoms with Crippen LogP contribution in [0.15, 0.2) is 33.5 Å². The van der Waals surface area contributed by atoms with Gasteiger partial charge in [0.15, 0.2) is 0 Å². The highest BCUT2D eigenvalue weighted by Crippen LogP contribution is 2.23. The molecule has 0 amide bonds. The summed E-state index contributed by atoms with van der Waals surface area (Å²) in [4.78, 5) is 11.6. The highest BCUT2D eigenvalue weighted by Gasteiger charge is 2.31. The van der Waals surface area contributed by atoms with E-state index in [1.807, 2.05) is 0 Å². The molecule has 0 saturated heterocycles. The van der Waals surface area contributed by atoms with E-state index in [0.717, 1.165) is 16.8 Å². The van der Waals surface area contributed by atoms with Crippen LogP contribution in [0, 0.1) is 0 Å². The summed E-state index contributed by atoms with van der Waals surface area (Å²) in [6, 6.07) is 4.61. The van der Waals surface area contributed by atoms with Crippen molar-refractivity contribution >= 4 is 0 Å². The zero-order chi connectivity index (χ0) is 15.6. The van der Waals surface area contributed by atoms with E-state index in [1.54, 1.807) is 13.8 Å². The predicted octanol–water partition coefficient (Wildman–Crippen LogP) is 2.51. The maximum Gasteiger partial charge on any atom is 0.573 e. The minimum absolute atomic E-state index is 0.217. The molecule has 0 N–H and O–H groups in total. The second kappa shape index (κ2) is 5.51. The number of nitrogens with zero attached hydrogens (tertiary/aromatic N) is 2. The molecular formula is C12H11F3N2O4. The van der Waals surface area contributed by atoms with Crippen LogP contribution in [-0.4, -0.2) is 22.2 Å². The summed E-state index contributed by atoms with van der Waals surface area (Å²) in [5.41, 5.74) is 0.219. The van der Waals surface area contributed by atoms with Crippen molar-refractivity contribution in [3.05, 3.63) is 34.8 Å². The van der Waals surface area contributed by atoms with Crippen molar-refractivity contribution in [3.63, 3.8) is 0 Å². The van der Waals surface area contributed by atoms with E-state index < -0.39 is 17.9 Å². The van der Waals surface area contributed by atoms with Crippen LogP contribution in [0.1, 0.15) is 13.8 Å². The number of hydrogen-bond donors (Lipinski definition) is 0. The average molecular weight is 304 g/mol. The molecule has 6 nitrogen and oxygen atoms in total. The lowest BCUT2D eigenvalue weighted by Gasteiger charge is -2.08. The number of benzene rings is 1. The molecule has 2 rings (SSSR count). The van der Waals surface area contributed by atoms with Crippen LogP contribution < -0.4 is 15.2 Å². The third-order valence-electron chi connectivity index (χ3n) is 2.18. The summed E-state index contributed by atoms with van der Waals surface area (Å²) < 4.78 is 50.6. The average Bonchev–Trinajstić information content (AvgIpc) is 2.68. The summed E-state index contributed by atoms with van der Waals surface area (Å²) >= 11 is 0. The van der Waals surface area contributed by atoms with Gasteiger partial charge in [-0.15, -0.1) is 13.2 Å². The largest absolute Gasteiger partial charge is 0.573 e. The predicted molar refractivity (Wildman–Crippen MR) is 64.5 cm³/mol. The van der Waals surface area contributed by atoms with Gasteiger partial charge in [0.25, 0.3) is 0 Å². The van der Waals surface area contributed by atoms with Crippen molar-refractivity contribution in [1.82, 2.24) is 9.78 Å². The summed E-state index contributed by atoms with van der Waals surface area (Å²) in [5.74, 6) is -1.21. The third-order valence-corrected chi connectivity index (χ3v) is 2.18. The van der Waals surface area contributed by atoms with E-state index in [4.69, 9.17) is 9.15 Å². The quantitative estimate of drug-likeness (QED) is 0.868. The zero-order valence-electron chi connectivity index (χ0n) is 11.0. The van der Waals surface area contributed by atoms with Crippen molar-refractivity contribution in [2.45, 2.75) is 26.3 Å². The zero-order valence-corrected chi connectivity index (χ0v) is 11.0. The van der Waals surface area contributed by atoms with Crippen LogP contribution >= 0.6 is 0 Å². The molecule has 1 heterocycles. The molecule has 114 valence electrons. The van der Waals surface area contributed by atoms with Crippen LogP contribution in [0.25, 0.3) is 5.69 Å². The lowest BCUT2D eigenvalue weighted by atomic mass is 10.3. The van der Waals surface area contributed by atoms with Crippen molar-refractivity contribution in [3.8, 4) is 17.5 Å². The fourth-order valence-corrected chi connectivity index (χ4v) is 1.46. The van der Waals surface area contributed by atoms with Gasteiger partial charge in [-0.25, -0.2) is 4.79 Å². The molecule has 0 bridgehead atoms. The van der Waals surface area contributed by atoms with Gasteiger partial charge in [-0.2, -0.15) is 4.68 Å². The Morgan fingerprint density at radius 3 is 2.38 bits per heavy atom. The Morgan fingerprint density at radius 1 is 1.24 bits per heavy atom. The Balaban J connectivity index is 2.23. The fourth-order valence-electron chi connectivity index (χ4n) is 1.46. The first-order valence-corrected chi connectivity index (χ1v) is 5.87. The summed E-state index contributed by atoms with van der Waals surface area (Å²) in [6.07, 6.45) is -5.23. The summed E-state index contributed by atoms with van der Waals surface area (Å²) in [7, 11) is 0. The molecule has 2 aromatic rings. The summed E-state index contributed by atoms with van der Waals surface area (Å²) in [6.45, 7) is 3.45. The highest BCUT2D eigenvalue weighted by molar-refractivity contribution is 5.36. The molecule has 9 heteroatoms. The smallest absolute Gasteiger partial charge is 0.446 e. The molecule has 0 fully saturated rings. The molecule has 0 aliphatic carbocycles. The van der Waals surface area contributed by atoms with E-state index in [9.17, 15) is 18.0 Å². The molecule has 0 atom stereocenters. The first-order valence-electron chi connectivity index (χ1n) is 5.87. The molecule has 21 heavy (non-hydrogen) atoms. The second-order valence-corrected chi connectivity index (χ2v) is 4.25. The first-order chi connectivity index (χ1) is 9.74. The second-order valence-electron chi connectivity index (χ2n) is 4.25. The molecule has 1 aromatic carbocycles. The molecule has 0 aliphatic heterocycles. The molecule has 0 unspecified atom stereocenters. The molecule has 0 radical (unpaired) electrons. The third kappa shape index (κ3) is 4.01. The van der Waals surface area contributed by atoms with Crippen molar-refractivity contribution in [1.29, 1.82) is 0 Å². The van der Waals surface area contributed by atoms with E-state index in [1.165, 1.54) is 12.1 Å². The molecule has 1 aromatic heterocycles. The van der Waals surface area contributed by atoms with Crippen LogP contribution in [-0.2, 0) is 0 Å². The van der Waals surface area contributed by atoms with Gasteiger partial charge in [-0.05, 0) is 38.1 Å². The van der Waals surface area contributed by atoms with Gasteiger partial charge in [0.1, 0.15) is 5.75 Å². The molecule has 0 aliphatic rings. The monoisotopic (exact) mass is 304 g/mol. The number of alkyl halides is 3. The van der Waals surface area contributed by atoms with Gasteiger partial charge in [0, 0.05) is 0 Å². The Kier molecular flexibility index (Phi) is 3.92. The van der Waals surface area contributed by atoms with Gasteiger partial charge in [-0.3, -0.25) is 0 Å². The Bertz CT molecular complexity index is 658. The van der Waals surface area contributed by atoms with Crippen molar-refractivity contribution < 1.29 is 27.1 Å². The lowest BCUT2D eigenvalue weighted by molar-refractivity contribution is -0.274. The van der Waals surface area contributed by atoms with E-state index in [-0.39, 0.29) is 17.9 Å². The maximum absolute atomic E-state index is 12.0. The van der Waals surface area contributed by atoms with E-state index in [2.05, 4.69) is 9.84 Å². The number of ether oxygens (including phenoxy) is 2. The van der Waals surface area contributed by atoms with Gasteiger partial charge >= 0.3 is 18.2 Å². The fraction of sp³-hybridized carbons (Fsp3) is 0.333. The number of rotatable bonds is 4. The SMILES string of the molecule is CC(C)Oc1nn(-c2ccc(OC(F)(F)F)cc2)c(=O)o1. The number of aromatic nitrogens is 2. The lowest BCUT2D eigenvalue weighted by Crippen LogP contribution is -2.17. The minimum atomic E-state index is -4.77. The molecular weight excluding hydrogens is 293 g/mol. The number of hydrogen-bond acceptors (Lipinski definition) is 5. The normalized spacial score (nSPS) is 11.7. The first kappa shape index (κ1) is 14.9. The highest BCUT2D eigenvalue weighted by atomic mass is 19.4. The Hall–Kier alpha value is -2.45. The molecule has 0 saturated carbocycles. The van der Waals surface area contributed by atoms with E-state index >= 15 is 0 Å². The van der Waals surface area contributed by atoms with Crippen LogP contribution in [0.4, 0.5) is 13.2 Å². The maximum atomic E-state index is 12.0. The Morgan fingerprint density at radius 2 is 1.86 bits per heavy atom. The van der Waals surface area contributed by atoms with Gasteiger partial charge < -0.3 is 13.9 Å². The standard InChI is InChI=1S/C12H11F3N2O4/c1-7(2)19-10-16-17(11(18)20-10)8-3-5-9(6-4-8)21-12(13,14)15/h3-7H,1-2H3. The van der Waals surface area contributed by atoms with E-state index in [0.29, 0.717) is 0 Å². The van der Waals surface area contributed by atoms with Crippen LogP contribution in [0.5, 0.6) is 11.8 Å².